The van der Waals surface area contributed by atoms with Crippen molar-refractivity contribution in [2.45, 2.75) is 12.5 Å². The summed E-state index contributed by atoms with van der Waals surface area (Å²) in [6, 6.07) is 16.8. The Labute approximate surface area is 182 Å². The van der Waals surface area contributed by atoms with Gasteiger partial charge in [0.2, 0.25) is 0 Å². The number of carbonyl (C=O) groups excluding carboxylic acids is 1. The molecule has 0 aliphatic heterocycles. The van der Waals surface area contributed by atoms with Crippen molar-refractivity contribution in [1.82, 2.24) is 0 Å². The van der Waals surface area contributed by atoms with E-state index in [4.69, 9.17) is 0 Å². The number of carbonyl (C=O) groups is 1. The van der Waals surface area contributed by atoms with E-state index >= 15 is 0 Å². The zero-order valence-electron chi connectivity index (χ0n) is 15.0. The quantitative estimate of drug-likeness (QED) is 0.278. The molecule has 1 atom stereocenters. The van der Waals surface area contributed by atoms with Gasteiger partial charge in [-0.15, -0.1) is 45.3 Å². The van der Waals surface area contributed by atoms with Gasteiger partial charge in [0.05, 0.1) is 11.0 Å². The highest BCUT2D eigenvalue weighted by molar-refractivity contribution is 7.21. The number of hydrogen-bond acceptors (Lipinski definition) is 6. The highest BCUT2D eigenvalue weighted by atomic mass is 32.1. The van der Waals surface area contributed by atoms with E-state index in [2.05, 4.69) is 47.2 Å². The van der Waals surface area contributed by atoms with E-state index in [1.54, 1.807) is 34.0 Å². The first-order valence-corrected chi connectivity index (χ1v) is 12.6. The molecular formula is C23H14O2S4. The Kier molecular flexibility index (Phi) is 4.11. The van der Waals surface area contributed by atoms with E-state index in [9.17, 15) is 9.90 Å². The highest BCUT2D eigenvalue weighted by Gasteiger charge is 2.19. The second kappa shape index (κ2) is 6.72. The SMILES string of the molecule is O=C(CC(O)c1cc2cc3sccc3cc2s1)c1cc2cc3sccc3cc2s1. The summed E-state index contributed by atoms with van der Waals surface area (Å²) in [7, 11) is 0. The fourth-order valence-electron chi connectivity index (χ4n) is 3.69. The molecule has 1 N–H and O–H groups in total. The van der Waals surface area contributed by atoms with Crippen LogP contribution in [-0.2, 0) is 0 Å². The van der Waals surface area contributed by atoms with Crippen molar-refractivity contribution in [3.8, 4) is 0 Å². The van der Waals surface area contributed by atoms with E-state index in [0.717, 1.165) is 29.9 Å². The number of benzene rings is 2. The molecule has 0 saturated heterocycles. The Bertz CT molecular complexity index is 1430. The Morgan fingerprint density at radius 1 is 0.759 bits per heavy atom. The van der Waals surface area contributed by atoms with Gasteiger partial charge in [0.25, 0.3) is 0 Å². The maximum atomic E-state index is 12.9. The molecule has 0 radical (unpaired) electrons. The van der Waals surface area contributed by atoms with E-state index < -0.39 is 6.10 Å². The maximum Gasteiger partial charge on any atom is 0.175 e. The molecule has 6 rings (SSSR count). The first-order chi connectivity index (χ1) is 14.1. The number of aliphatic hydroxyl groups excluding tert-OH is 1. The number of aliphatic hydroxyl groups is 1. The monoisotopic (exact) mass is 450 g/mol. The van der Waals surface area contributed by atoms with Crippen LogP contribution in [0, 0.1) is 0 Å². The number of ketones is 1. The van der Waals surface area contributed by atoms with Gasteiger partial charge in [-0.2, -0.15) is 0 Å². The van der Waals surface area contributed by atoms with Gasteiger partial charge in [-0.3, -0.25) is 4.79 Å². The number of thiophene rings is 4. The molecule has 0 spiro atoms. The molecule has 142 valence electrons. The van der Waals surface area contributed by atoms with Gasteiger partial charge >= 0.3 is 0 Å². The van der Waals surface area contributed by atoms with E-state index in [0.29, 0.717) is 0 Å². The van der Waals surface area contributed by atoms with E-state index in [1.165, 1.54) is 31.5 Å². The van der Waals surface area contributed by atoms with Crippen LogP contribution in [0.15, 0.2) is 59.3 Å². The topological polar surface area (TPSA) is 37.3 Å². The van der Waals surface area contributed by atoms with E-state index in [1.807, 2.05) is 12.1 Å². The number of hydrogen-bond donors (Lipinski definition) is 1. The maximum absolute atomic E-state index is 12.9. The Hall–Kier alpha value is -2.09. The second-order valence-corrected chi connectivity index (χ2v) is 11.2. The first-order valence-electron chi connectivity index (χ1n) is 9.17. The molecule has 0 aliphatic rings. The summed E-state index contributed by atoms with van der Waals surface area (Å²) in [6.07, 6.45) is -0.658. The minimum atomic E-state index is -0.772. The summed E-state index contributed by atoms with van der Waals surface area (Å²) in [4.78, 5) is 14.4. The number of fused-ring (bicyclic) bond motifs is 4. The van der Waals surface area contributed by atoms with Crippen LogP contribution < -0.4 is 0 Å². The van der Waals surface area contributed by atoms with Crippen molar-refractivity contribution in [3.63, 3.8) is 0 Å². The lowest BCUT2D eigenvalue weighted by Gasteiger charge is -2.06. The van der Waals surface area contributed by atoms with Gasteiger partial charge in [0.15, 0.2) is 5.78 Å². The Morgan fingerprint density at radius 2 is 1.34 bits per heavy atom. The molecule has 0 bridgehead atoms. The van der Waals surface area contributed by atoms with Crippen LogP contribution in [-0.4, -0.2) is 10.9 Å². The fourth-order valence-corrected chi connectivity index (χ4v) is 7.45. The molecule has 0 saturated carbocycles. The zero-order chi connectivity index (χ0) is 19.5. The molecule has 0 aliphatic carbocycles. The average molecular weight is 451 g/mol. The predicted molar refractivity (Wildman–Crippen MR) is 128 cm³/mol. The zero-order valence-corrected chi connectivity index (χ0v) is 18.3. The summed E-state index contributed by atoms with van der Waals surface area (Å²) < 4.78 is 4.76. The molecule has 4 heterocycles. The first kappa shape index (κ1) is 17.7. The highest BCUT2D eigenvalue weighted by Crippen LogP contribution is 2.37. The smallest absolute Gasteiger partial charge is 0.175 e. The molecule has 6 aromatic rings. The molecular weight excluding hydrogens is 437 g/mol. The van der Waals surface area contributed by atoms with Crippen LogP contribution in [0.4, 0.5) is 0 Å². The van der Waals surface area contributed by atoms with Crippen LogP contribution >= 0.6 is 45.3 Å². The predicted octanol–water partition coefficient (Wildman–Crippen LogP) is 7.85. The Morgan fingerprint density at radius 3 is 2.03 bits per heavy atom. The normalized spacial score (nSPS) is 13.1. The van der Waals surface area contributed by atoms with Crippen LogP contribution in [0.5, 0.6) is 0 Å². The molecule has 1 unspecified atom stereocenters. The summed E-state index contributed by atoms with van der Waals surface area (Å²) in [5, 5.41) is 19.6. The lowest BCUT2D eigenvalue weighted by Crippen LogP contribution is -2.04. The number of rotatable bonds is 4. The van der Waals surface area contributed by atoms with Gasteiger partial charge < -0.3 is 5.11 Å². The standard InChI is InChI=1S/C23H14O2S4/c24-16(22-9-14-7-18-12(1-3-26-18)5-20(14)28-22)11-17(25)23-10-15-8-19-13(2-4-27-19)6-21(15)29-23/h1-10,16,24H,11H2. The number of Topliss-reactive ketones (excluding diaryl/α,β-unsaturated/α-hetero) is 1. The van der Waals surface area contributed by atoms with E-state index in [-0.39, 0.29) is 12.2 Å². The largest absolute Gasteiger partial charge is 0.387 e. The van der Waals surface area contributed by atoms with Crippen LogP contribution in [0.2, 0.25) is 0 Å². The third-order valence-electron chi connectivity index (χ3n) is 5.18. The molecule has 0 fully saturated rings. The van der Waals surface area contributed by atoms with Crippen molar-refractivity contribution in [2.75, 3.05) is 0 Å². The van der Waals surface area contributed by atoms with Gasteiger partial charge in [-0.05, 0) is 80.8 Å². The van der Waals surface area contributed by atoms with Crippen molar-refractivity contribution in [3.05, 3.63) is 69.0 Å². The summed E-state index contributed by atoms with van der Waals surface area (Å²) in [5.74, 6) is 0.000457. The van der Waals surface area contributed by atoms with Crippen molar-refractivity contribution in [1.29, 1.82) is 0 Å². The van der Waals surface area contributed by atoms with Crippen LogP contribution in [0.1, 0.15) is 27.1 Å². The van der Waals surface area contributed by atoms with Crippen molar-refractivity contribution in [2.24, 2.45) is 0 Å². The van der Waals surface area contributed by atoms with Gasteiger partial charge in [-0.1, -0.05) is 0 Å². The third-order valence-corrected chi connectivity index (χ3v) is 9.28. The lowest BCUT2D eigenvalue weighted by atomic mass is 10.1. The molecule has 0 amide bonds. The molecule has 2 aromatic carbocycles. The molecule has 6 heteroatoms. The van der Waals surface area contributed by atoms with Gasteiger partial charge in [0.1, 0.15) is 0 Å². The third kappa shape index (κ3) is 3.03. The fraction of sp³-hybridized carbons (Fsp3) is 0.0870. The van der Waals surface area contributed by atoms with Crippen LogP contribution in [0.25, 0.3) is 40.3 Å². The molecule has 29 heavy (non-hydrogen) atoms. The average Bonchev–Trinajstić information content (AvgIpc) is 3.47. The second-order valence-electron chi connectivity index (χ2n) is 7.10. The minimum Gasteiger partial charge on any atom is -0.387 e. The van der Waals surface area contributed by atoms with Gasteiger partial charge in [-0.25, -0.2) is 0 Å². The summed E-state index contributed by atoms with van der Waals surface area (Å²) in [5.41, 5.74) is 0. The summed E-state index contributed by atoms with van der Waals surface area (Å²) in [6.45, 7) is 0. The molecule has 4 aromatic heterocycles. The molecule has 2 nitrogen and oxygen atoms in total. The van der Waals surface area contributed by atoms with Crippen molar-refractivity contribution >= 4 is 91.5 Å². The Balaban J connectivity index is 1.29. The minimum absolute atomic E-state index is 0.000457. The van der Waals surface area contributed by atoms with Crippen molar-refractivity contribution < 1.29 is 9.90 Å². The lowest BCUT2D eigenvalue weighted by molar-refractivity contribution is 0.0888. The summed E-state index contributed by atoms with van der Waals surface area (Å²) >= 11 is 6.53. The van der Waals surface area contributed by atoms with Crippen LogP contribution in [0.3, 0.4) is 0 Å². The van der Waals surface area contributed by atoms with Gasteiger partial charge in [0, 0.05) is 30.1 Å².